The van der Waals surface area contributed by atoms with Crippen molar-refractivity contribution in [1.29, 1.82) is 0 Å². The van der Waals surface area contributed by atoms with E-state index in [-0.39, 0.29) is 0 Å². The number of carbonyl (C=O) groups is 1. The topological polar surface area (TPSA) is 60.9 Å². The first-order valence-corrected chi connectivity index (χ1v) is 4.42. The molecule has 0 aliphatic rings. The van der Waals surface area contributed by atoms with Crippen LogP contribution in [-0.2, 0) is 6.54 Å². The molecular formula is C11H9N3O. The van der Waals surface area contributed by atoms with E-state index >= 15 is 0 Å². The second-order valence-electron chi connectivity index (χ2n) is 3.11. The molecule has 2 rings (SSSR count). The SMILES string of the molecule is C#CCn1ncc2cccc(C(N)=O)c21. The molecule has 1 aromatic carbocycles. The Balaban J connectivity index is 2.76. The summed E-state index contributed by atoms with van der Waals surface area (Å²) in [6.07, 6.45) is 6.88. The number of amides is 1. The molecule has 4 heteroatoms. The summed E-state index contributed by atoms with van der Waals surface area (Å²) in [5.74, 6) is 2.00. The first-order valence-electron chi connectivity index (χ1n) is 4.42. The van der Waals surface area contributed by atoms with Crippen molar-refractivity contribution in [3.8, 4) is 12.3 Å². The molecule has 0 bridgehead atoms. The van der Waals surface area contributed by atoms with E-state index in [2.05, 4.69) is 11.0 Å². The average Bonchev–Trinajstić information content (AvgIpc) is 2.62. The summed E-state index contributed by atoms with van der Waals surface area (Å²) in [4.78, 5) is 11.2. The zero-order chi connectivity index (χ0) is 10.8. The number of benzene rings is 1. The summed E-state index contributed by atoms with van der Waals surface area (Å²) in [7, 11) is 0. The Hall–Kier alpha value is -2.28. The molecule has 4 nitrogen and oxygen atoms in total. The summed E-state index contributed by atoms with van der Waals surface area (Å²) >= 11 is 0. The maximum atomic E-state index is 11.2. The predicted molar refractivity (Wildman–Crippen MR) is 57.1 cm³/mol. The lowest BCUT2D eigenvalue weighted by Crippen LogP contribution is -2.13. The Morgan fingerprint density at radius 3 is 3.07 bits per heavy atom. The Bertz CT molecular complexity index is 563. The highest BCUT2D eigenvalue weighted by atomic mass is 16.1. The molecular weight excluding hydrogens is 190 g/mol. The van der Waals surface area contributed by atoms with E-state index < -0.39 is 5.91 Å². The number of carbonyl (C=O) groups excluding carboxylic acids is 1. The smallest absolute Gasteiger partial charge is 0.250 e. The molecule has 0 spiro atoms. The Morgan fingerprint density at radius 2 is 2.40 bits per heavy atom. The first kappa shape index (κ1) is 9.28. The van der Waals surface area contributed by atoms with E-state index in [0.29, 0.717) is 17.6 Å². The number of nitrogens with two attached hydrogens (primary N) is 1. The number of fused-ring (bicyclic) bond motifs is 1. The molecule has 74 valence electrons. The van der Waals surface area contributed by atoms with Crippen LogP contribution >= 0.6 is 0 Å². The van der Waals surface area contributed by atoms with E-state index in [0.717, 1.165) is 5.39 Å². The zero-order valence-electron chi connectivity index (χ0n) is 7.97. The number of primary amides is 1. The van der Waals surface area contributed by atoms with Gasteiger partial charge in [-0.2, -0.15) is 5.10 Å². The number of hydrogen-bond acceptors (Lipinski definition) is 2. The van der Waals surface area contributed by atoms with Crippen LogP contribution in [0.15, 0.2) is 24.4 Å². The fourth-order valence-corrected chi connectivity index (χ4v) is 1.55. The van der Waals surface area contributed by atoms with Crippen molar-refractivity contribution >= 4 is 16.8 Å². The highest BCUT2D eigenvalue weighted by Crippen LogP contribution is 2.17. The molecule has 0 saturated carbocycles. The van der Waals surface area contributed by atoms with Crippen LogP contribution < -0.4 is 5.73 Å². The Labute approximate surface area is 86.7 Å². The quantitative estimate of drug-likeness (QED) is 0.726. The van der Waals surface area contributed by atoms with Crippen LogP contribution in [0.25, 0.3) is 10.9 Å². The monoisotopic (exact) mass is 199 g/mol. The van der Waals surface area contributed by atoms with Gasteiger partial charge in [0.2, 0.25) is 0 Å². The molecule has 2 N–H and O–H groups in total. The number of terminal acetylenes is 1. The van der Waals surface area contributed by atoms with Crippen LogP contribution in [-0.4, -0.2) is 15.7 Å². The number of rotatable bonds is 2. The van der Waals surface area contributed by atoms with Gasteiger partial charge in [-0.05, 0) is 6.07 Å². The maximum Gasteiger partial charge on any atom is 0.250 e. The van der Waals surface area contributed by atoms with Crippen molar-refractivity contribution in [3.63, 3.8) is 0 Å². The highest BCUT2D eigenvalue weighted by molar-refractivity contribution is 6.04. The van der Waals surface area contributed by atoms with Crippen molar-refractivity contribution in [2.75, 3.05) is 0 Å². The van der Waals surface area contributed by atoms with E-state index in [1.165, 1.54) is 0 Å². The number of para-hydroxylation sites is 1. The minimum absolute atomic E-state index is 0.327. The Morgan fingerprint density at radius 1 is 1.60 bits per heavy atom. The van der Waals surface area contributed by atoms with Gasteiger partial charge in [0.25, 0.3) is 5.91 Å². The van der Waals surface area contributed by atoms with Gasteiger partial charge in [0.05, 0.1) is 17.3 Å². The van der Waals surface area contributed by atoms with Gasteiger partial charge in [-0.3, -0.25) is 9.48 Å². The van der Waals surface area contributed by atoms with Gasteiger partial charge in [0.15, 0.2) is 0 Å². The van der Waals surface area contributed by atoms with Crippen molar-refractivity contribution in [2.24, 2.45) is 5.73 Å². The molecule has 0 aliphatic carbocycles. The first-order chi connectivity index (χ1) is 7.24. The van der Waals surface area contributed by atoms with E-state index in [4.69, 9.17) is 12.2 Å². The number of aromatic nitrogens is 2. The summed E-state index contributed by atoms with van der Waals surface area (Å²) in [5, 5.41) is 4.96. The van der Waals surface area contributed by atoms with E-state index in [1.54, 1.807) is 23.0 Å². The van der Waals surface area contributed by atoms with Crippen LogP contribution in [0, 0.1) is 12.3 Å². The zero-order valence-corrected chi connectivity index (χ0v) is 7.97. The van der Waals surface area contributed by atoms with Crippen LogP contribution in [0.5, 0.6) is 0 Å². The van der Waals surface area contributed by atoms with Gasteiger partial charge in [0.1, 0.15) is 6.54 Å². The van der Waals surface area contributed by atoms with Gasteiger partial charge in [-0.1, -0.05) is 18.1 Å². The third-order valence-corrected chi connectivity index (χ3v) is 2.17. The van der Waals surface area contributed by atoms with Crippen LogP contribution in [0.1, 0.15) is 10.4 Å². The van der Waals surface area contributed by atoms with Gasteiger partial charge >= 0.3 is 0 Å². The predicted octanol–water partition coefficient (Wildman–Crippen LogP) is 0.768. The maximum absolute atomic E-state index is 11.2. The van der Waals surface area contributed by atoms with E-state index in [1.807, 2.05) is 6.07 Å². The molecule has 1 heterocycles. The second-order valence-corrected chi connectivity index (χ2v) is 3.11. The molecule has 1 amide bonds. The lowest BCUT2D eigenvalue weighted by Gasteiger charge is -2.02. The van der Waals surface area contributed by atoms with Gasteiger partial charge in [-0.25, -0.2) is 0 Å². The number of hydrogen-bond donors (Lipinski definition) is 1. The van der Waals surface area contributed by atoms with E-state index in [9.17, 15) is 4.79 Å². The van der Waals surface area contributed by atoms with Gasteiger partial charge in [0, 0.05) is 5.39 Å². The molecule has 0 radical (unpaired) electrons. The molecule has 15 heavy (non-hydrogen) atoms. The van der Waals surface area contributed by atoms with Crippen LogP contribution in [0.2, 0.25) is 0 Å². The fraction of sp³-hybridized carbons (Fsp3) is 0.0909. The van der Waals surface area contributed by atoms with Crippen LogP contribution in [0.4, 0.5) is 0 Å². The van der Waals surface area contributed by atoms with Crippen molar-refractivity contribution < 1.29 is 4.79 Å². The van der Waals surface area contributed by atoms with Crippen molar-refractivity contribution in [2.45, 2.75) is 6.54 Å². The third-order valence-electron chi connectivity index (χ3n) is 2.17. The summed E-state index contributed by atoms with van der Waals surface area (Å²) in [6.45, 7) is 0.327. The third kappa shape index (κ3) is 1.44. The van der Waals surface area contributed by atoms with Crippen molar-refractivity contribution in [1.82, 2.24) is 9.78 Å². The minimum Gasteiger partial charge on any atom is -0.366 e. The lowest BCUT2D eigenvalue weighted by molar-refractivity contribution is 0.100. The molecule has 0 atom stereocenters. The average molecular weight is 199 g/mol. The normalized spacial score (nSPS) is 10.1. The largest absolute Gasteiger partial charge is 0.366 e. The highest BCUT2D eigenvalue weighted by Gasteiger charge is 2.10. The lowest BCUT2D eigenvalue weighted by atomic mass is 10.1. The second kappa shape index (κ2) is 3.46. The van der Waals surface area contributed by atoms with Gasteiger partial charge in [-0.15, -0.1) is 6.42 Å². The van der Waals surface area contributed by atoms with Crippen LogP contribution in [0.3, 0.4) is 0 Å². The minimum atomic E-state index is -0.473. The fourth-order valence-electron chi connectivity index (χ4n) is 1.55. The summed E-state index contributed by atoms with van der Waals surface area (Å²) in [5.41, 5.74) is 6.41. The van der Waals surface area contributed by atoms with Gasteiger partial charge < -0.3 is 5.73 Å². The Kier molecular flexibility index (Phi) is 2.14. The molecule has 0 fully saturated rings. The molecule has 0 saturated heterocycles. The molecule has 1 aromatic heterocycles. The molecule has 0 unspecified atom stereocenters. The molecule has 2 aromatic rings. The summed E-state index contributed by atoms with van der Waals surface area (Å²) < 4.78 is 1.59. The molecule has 0 aliphatic heterocycles. The van der Waals surface area contributed by atoms with Crippen molar-refractivity contribution in [3.05, 3.63) is 30.0 Å². The summed E-state index contributed by atoms with van der Waals surface area (Å²) in [6, 6.07) is 5.30. The standard InChI is InChI=1S/C11H9N3O/c1-2-6-14-10-8(7-13-14)4-3-5-9(10)11(12)15/h1,3-5,7H,6H2,(H2,12,15). The number of nitrogens with zero attached hydrogens (tertiary/aromatic N) is 2.